The normalized spacial score (nSPS) is 13.1. The van der Waals surface area contributed by atoms with Crippen LogP contribution in [0.5, 0.6) is 5.75 Å². The van der Waals surface area contributed by atoms with Crippen LogP contribution in [-0.2, 0) is 20.0 Å². The highest BCUT2D eigenvalue weighted by Crippen LogP contribution is 2.30. The summed E-state index contributed by atoms with van der Waals surface area (Å²) < 4.78 is 56.5. The Labute approximate surface area is 209 Å². The maximum absolute atomic E-state index is 11.5. The van der Waals surface area contributed by atoms with Crippen molar-refractivity contribution in [2.75, 3.05) is 41.7 Å². The second-order valence-corrected chi connectivity index (χ2v) is 12.0. The van der Waals surface area contributed by atoms with Crippen molar-refractivity contribution in [3.05, 3.63) is 66.2 Å². The number of nitrogens with one attached hydrogen (secondary N) is 4. The van der Waals surface area contributed by atoms with Crippen molar-refractivity contribution in [2.24, 2.45) is 0 Å². The van der Waals surface area contributed by atoms with Crippen LogP contribution in [0.25, 0.3) is 21.8 Å². The molecule has 0 aliphatic rings. The van der Waals surface area contributed by atoms with Gasteiger partial charge >= 0.3 is 0 Å². The molecule has 36 heavy (non-hydrogen) atoms. The number of hydrogen-bond acceptors (Lipinski definition) is 7. The molecule has 0 bridgehead atoms. The minimum atomic E-state index is -3.39. The Morgan fingerprint density at radius 2 is 1.50 bits per heavy atom. The van der Waals surface area contributed by atoms with Crippen molar-refractivity contribution in [3.8, 4) is 5.75 Å². The summed E-state index contributed by atoms with van der Waals surface area (Å²) in [5.41, 5.74) is 3.15. The molecule has 1 heterocycles. The summed E-state index contributed by atoms with van der Waals surface area (Å²) in [5, 5.41) is 15.5. The first kappa shape index (κ1) is 25.8. The summed E-state index contributed by atoms with van der Waals surface area (Å²) in [7, 11) is -6.75. The fourth-order valence-electron chi connectivity index (χ4n) is 3.88. The summed E-state index contributed by atoms with van der Waals surface area (Å²) in [5.74, 6) is 0.672. The molecule has 0 radical (unpaired) electrons. The zero-order valence-electron chi connectivity index (χ0n) is 19.8. The highest BCUT2D eigenvalue weighted by Gasteiger charge is 2.11. The standard InChI is InChI=1S/C24H28N4O6S2/c1-35(30,31)27-17-5-3-4-16(12-17)24(29)15-25-10-11-34-19-7-9-21-20-8-6-18(28-36(2,32)33)13-22(20)26-23(21)14-19/h3-9,12-14,24-29H,10-11,15H2,1-2H3/t24-/m0/s1. The Kier molecular flexibility index (Phi) is 7.41. The van der Waals surface area contributed by atoms with Crippen LogP contribution in [0.3, 0.4) is 0 Å². The zero-order chi connectivity index (χ0) is 25.9. The zero-order valence-corrected chi connectivity index (χ0v) is 21.4. The summed E-state index contributed by atoms with van der Waals surface area (Å²) in [6.45, 7) is 1.14. The quantitative estimate of drug-likeness (QED) is 0.186. The third-order valence-corrected chi connectivity index (χ3v) is 6.55. The first-order chi connectivity index (χ1) is 17.0. The van der Waals surface area contributed by atoms with Crippen LogP contribution in [-0.4, -0.2) is 59.1 Å². The number of H-pyrrole nitrogens is 1. The third-order valence-electron chi connectivity index (χ3n) is 5.33. The van der Waals surface area contributed by atoms with Crippen LogP contribution >= 0.6 is 0 Å². The van der Waals surface area contributed by atoms with Gasteiger partial charge in [-0.2, -0.15) is 0 Å². The summed E-state index contributed by atoms with van der Waals surface area (Å²) >= 11 is 0. The molecule has 12 heteroatoms. The number of anilines is 2. The summed E-state index contributed by atoms with van der Waals surface area (Å²) in [6.07, 6.45) is 1.37. The van der Waals surface area contributed by atoms with Gasteiger partial charge in [0.05, 0.1) is 29.8 Å². The highest BCUT2D eigenvalue weighted by molar-refractivity contribution is 7.92. The van der Waals surface area contributed by atoms with Gasteiger partial charge < -0.3 is 20.1 Å². The van der Waals surface area contributed by atoms with Gasteiger partial charge in [0.2, 0.25) is 20.0 Å². The smallest absolute Gasteiger partial charge is 0.229 e. The molecule has 0 spiro atoms. The van der Waals surface area contributed by atoms with E-state index in [0.29, 0.717) is 35.8 Å². The van der Waals surface area contributed by atoms with E-state index in [4.69, 9.17) is 4.74 Å². The number of hydrogen-bond donors (Lipinski definition) is 5. The largest absolute Gasteiger partial charge is 0.492 e. The lowest BCUT2D eigenvalue weighted by Crippen LogP contribution is -2.26. The van der Waals surface area contributed by atoms with Gasteiger partial charge in [0, 0.05) is 41.1 Å². The number of aliphatic hydroxyl groups excluding tert-OH is 1. The Morgan fingerprint density at radius 3 is 2.19 bits per heavy atom. The number of rotatable bonds is 11. The monoisotopic (exact) mass is 532 g/mol. The van der Waals surface area contributed by atoms with Crippen molar-refractivity contribution >= 4 is 53.2 Å². The van der Waals surface area contributed by atoms with Crippen LogP contribution in [0.15, 0.2) is 60.7 Å². The molecule has 4 aromatic rings. The number of aromatic amines is 1. The minimum absolute atomic E-state index is 0.274. The summed E-state index contributed by atoms with van der Waals surface area (Å²) in [6, 6.07) is 17.7. The Bertz CT molecular complexity index is 1600. The second-order valence-electron chi connectivity index (χ2n) is 8.54. The van der Waals surface area contributed by atoms with Crippen LogP contribution in [0.1, 0.15) is 11.7 Å². The fourth-order valence-corrected chi connectivity index (χ4v) is 4.99. The van der Waals surface area contributed by atoms with Gasteiger partial charge in [0.1, 0.15) is 12.4 Å². The number of ether oxygens (including phenoxy) is 1. The molecule has 0 unspecified atom stereocenters. The molecule has 10 nitrogen and oxygen atoms in total. The number of sulfonamides is 2. The molecule has 0 fully saturated rings. The molecule has 0 saturated heterocycles. The maximum atomic E-state index is 11.5. The topological polar surface area (TPSA) is 150 Å². The Balaban J connectivity index is 1.31. The van der Waals surface area contributed by atoms with Crippen molar-refractivity contribution in [1.29, 1.82) is 0 Å². The molecule has 0 aliphatic carbocycles. The predicted molar refractivity (Wildman–Crippen MR) is 143 cm³/mol. The average Bonchev–Trinajstić information content (AvgIpc) is 3.13. The molecule has 0 aliphatic heterocycles. The Morgan fingerprint density at radius 1 is 0.861 bits per heavy atom. The lowest BCUT2D eigenvalue weighted by Gasteiger charge is -2.14. The van der Waals surface area contributed by atoms with E-state index in [-0.39, 0.29) is 6.54 Å². The predicted octanol–water partition coefficient (Wildman–Crippen LogP) is 2.77. The fraction of sp³-hybridized carbons (Fsp3) is 0.250. The van der Waals surface area contributed by atoms with Crippen molar-refractivity contribution in [3.63, 3.8) is 0 Å². The first-order valence-electron chi connectivity index (χ1n) is 11.1. The van der Waals surface area contributed by atoms with Crippen molar-refractivity contribution in [2.45, 2.75) is 6.10 Å². The van der Waals surface area contributed by atoms with Crippen LogP contribution < -0.4 is 19.5 Å². The third kappa shape index (κ3) is 6.88. The highest BCUT2D eigenvalue weighted by atomic mass is 32.2. The van der Waals surface area contributed by atoms with E-state index in [9.17, 15) is 21.9 Å². The summed E-state index contributed by atoms with van der Waals surface area (Å²) in [4.78, 5) is 3.29. The van der Waals surface area contributed by atoms with E-state index in [1.165, 1.54) is 0 Å². The van der Waals surface area contributed by atoms with Crippen LogP contribution in [0.4, 0.5) is 11.4 Å². The molecule has 1 atom stereocenters. The molecular formula is C24H28N4O6S2. The van der Waals surface area contributed by atoms with Crippen molar-refractivity contribution < 1.29 is 26.7 Å². The molecular weight excluding hydrogens is 504 g/mol. The van der Waals surface area contributed by atoms with Gasteiger partial charge in [-0.05, 0) is 42.0 Å². The van der Waals surface area contributed by atoms with E-state index in [0.717, 1.165) is 34.3 Å². The lowest BCUT2D eigenvalue weighted by molar-refractivity contribution is 0.172. The molecule has 0 amide bonds. The number of aromatic nitrogens is 1. The lowest BCUT2D eigenvalue weighted by atomic mass is 10.1. The van der Waals surface area contributed by atoms with Crippen LogP contribution in [0.2, 0.25) is 0 Å². The molecule has 0 saturated carbocycles. The SMILES string of the molecule is CS(=O)(=O)Nc1cccc([C@@H](O)CNCCOc2ccc3c(c2)[nH]c2cc(NS(C)(=O)=O)ccc23)c1. The van der Waals surface area contributed by atoms with E-state index in [2.05, 4.69) is 19.7 Å². The molecule has 192 valence electrons. The van der Waals surface area contributed by atoms with E-state index < -0.39 is 26.2 Å². The number of fused-ring (bicyclic) bond motifs is 3. The molecule has 3 aromatic carbocycles. The van der Waals surface area contributed by atoms with Crippen molar-refractivity contribution in [1.82, 2.24) is 10.3 Å². The first-order valence-corrected chi connectivity index (χ1v) is 14.9. The van der Waals surface area contributed by atoms with Gasteiger partial charge in [-0.3, -0.25) is 9.44 Å². The Hall–Kier alpha value is -3.32. The van der Waals surface area contributed by atoms with E-state index in [1.54, 1.807) is 36.4 Å². The molecule has 4 rings (SSSR count). The van der Waals surface area contributed by atoms with Gasteiger partial charge in [0.25, 0.3) is 0 Å². The van der Waals surface area contributed by atoms with E-state index >= 15 is 0 Å². The van der Waals surface area contributed by atoms with E-state index in [1.807, 2.05) is 24.3 Å². The number of aliphatic hydroxyl groups is 1. The van der Waals surface area contributed by atoms with Crippen LogP contribution in [0, 0.1) is 0 Å². The second kappa shape index (κ2) is 10.3. The average molecular weight is 533 g/mol. The number of benzene rings is 3. The van der Waals surface area contributed by atoms with Gasteiger partial charge in [-0.1, -0.05) is 18.2 Å². The van der Waals surface area contributed by atoms with Gasteiger partial charge in [0.15, 0.2) is 0 Å². The van der Waals surface area contributed by atoms with Gasteiger partial charge in [-0.25, -0.2) is 16.8 Å². The van der Waals surface area contributed by atoms with Gasteiger partial charge in [-0.15, -0.1) is 0 Å². The molecule has 5 N–H and O–H groups in total. The minimum Gasteiger partial charge on any atom is -0.492 e. The maximum Gasteiger partial charge on any atom is 0.229 e. The molecule has 1 aromatic heterocycles.